The Hall–Kier alpha value is -3.43. The second-order valence-corrected chi connectivity index (χ2v) is 4.96. The Morgan fingerprint density at radius 3 is 2.75 bits per heavy atom. The predicted octanol–water partition coefficient (Wildman–Crippen LogP) is 1.78. The van der Waals surface area contributed by atoms with Crippen molar-refractivity contribution in [3.63, 3.8) is 0 Å². The minimum absolute atomic E-state index is 0.00779. The van der Waals surface area contributed by atoms with Crippen LogP contribution < -0.4 is 5.73 Å². The van der Waals surface area contributed by atoms with Crippen LogP contribution >= 0.6 is 0 Å². The number of imidazole rings is 1. The van der Waals surface area contributed by atoms with Crippen molar-refractivity contribution in [2.45, 2.75) is 6.54 Å². The quantitative estimate of drug-likeness (QED) is 0.610. The van der Waals surface area contributed by atoms with Crippen molar-refractivity contribution in [3.8, 4) is 11.5 Å². The van der Waals surface area contributed by atoms with Crippen LogP contribution in [0.25, 0.3) is 22.6 Å². The van der Waals surface area contributed by atoms with Crippen molar-refractivity contribution >= 4 is 16.9 Å². The van der Waals surface area contributed by atoms with E-state index < -0.39 is 11.6 Å². The highest BCUT2D eigenvalue weighted by Crippen LogP contribution is 2.29. The van der Waals surface area contributed by atoms with Crippen molar-refractivity contribution < 1.29 is 13.4 Å². The van der Waals surface area contributed by atoms with Gasteiger partial charge in [-0.05, 0) is 34.6 Å². The standard InChI is InChI=1S/C14H9F2N7O/c15-8-3-4-9-12(10(8)16)23(6-7-2-1-5-18-20-7)14(19-9)11-13(17)22-24-21-11/h1-5H,6H2,(H2,17,22). The van der Waals surface area contributed by atoms with Gasteiger partial charge in [-0.2, -0.15) is 10.2 Å². The van der Waals surface area contributed by atoms with E-state index >= 15 is 0 Å². The monoisotopic (exact) mass is 329 g/mol. The molecular weight excluding hydrogens is 320 g/mol. The molecule has 0 saturated carbocycles. The number of nitrogens with zero attached hydrogens (tertiary/aromatic N) is 6. The number of aromatic nitrogens is 6. The first-order valence-corrected chi connectivity index (χ1v) is 6.84. The number of nitrogens with two attached hydrogens (primary N) is 1. The Labute approximate surface area is 132 Å². The van der Waals surface area contributed by atoms with E-state index in [1.807, 2.05) is 0 Å². The SMILES string of the molecule is Nc1nonc1-c1nc2ccc(F)c(F)c2n1Cc1cccnn1. The van der Waals surface area contributed by atoms with Gasteiger partial charge in [0.15, 0.2) is 29.0 Å². The van der Waals surface area contributed by atoms with E-state index in [2.05, 4.69) is 30.1 Å². The molecule has 10 heteroatoms. The van der Waals surface area contributed by atoms with Crippen molar-refractivity contribution in [1.82, 2.24) is 30.1 Å². The van der Waals surface area contributed by atoms with Crippen LogP contribution in [-0.2, 0) is 6.54 Å². The van der Waals surface area contributed by atoms with Crippen molar-refractivity contribution in [1.29, 1.82) is 0 Å². The zero-order valence-electron chi connectivity index (χ0n) is 12.0. The summed E-state index contributed by atoms with van der Waals surface area (Å²) in [5, 5.41) is 14.9. The Morgan fingerprint density at radius 2 is 2.04 bits per heavy atom. The highest BCUT2D eigenvalue weighted by Gasteiger charge is 2.23. The van der Waals surface area contributed by atoms with Crippen LogP contribution in [0, 0.1) is 11.6 Å². The highest BCUT2D eigenvalue weighted by atomic mass is 19.2. The minimum Gasteiger partial charge on any atom is -0.379 e. The average Bonchev–Trinajstić information content (AvgIpc) is 3.16. The Morgan fingerprint density at radius 1 is 1.17 bits per heavy atom. The first kappa shape index (κ1) is 14.2. The van der Waals surface area contributed by atoms with Gasteiger partial charge in [0.1, 0.15) is 5.52 Å². The lowest BCUT2D eigenvalue weighted by molar-refractivity contribution is 0.310. The van der Waals surface area contributed by atoms with Gasteiger partial charge in [0, 0.05) is 6.20 Å². The topological polar surface area (TPSA) is 109 Å². The third-order valence-corrected chi connectivity index (χ3v) is 3.47. The van der Waals surface area contributed by atoms with Crippen molar-refractivity contribution in [2.75, 3.05) is 5.73 Å². The zero-order valence-corrected chi connectivity index (χ0v) is 12.0. The molecule has 0 atom stereocenters. The summed E-state index contributed by atoms with van der Waals surface area (Å²) in [5.41, 5.74) is 6.58. The van der Waals surface area contributed by atoms with E-state index in [-0.39, 0.29) is 34.9 Å². The molecule has 3 heterocycles. The molecule has 4 aromatic rings. The third-order valence-electron chi connectivity index (χ3n) is 3.47. The van der Waals surface area contributed by atoms with Crippen LogP contribution in [0.1, 0.15) is 5.69 Å². The summed E-state index contributed by atoms with van der Waals surface area (Å²) < 4.78 is 34.0. The van der Waals surface area contributed by atoms with Gasteiger partial charge < -0.3 is 10.3 Å². The van der Waals surface area contributed by atoms with E-state index in [1.54, 1.807) is 12.1 Å². The second-order valence-electron chi connectivity index (χ2n) is 4.96. The number of hydrogen-bond acceptors (Lipinski definition) is 7. The minimum atomic E-state index is -1.02. The second kappa shape index (κ2) is 5.33. The van der Waals surface area contributed by atoms with Gasteiger partial charge in [-0.3, -0.25) is 0 Å². The van der Waals surface area contributed by atoms with E-state index in [0.717, 1.165) is 6.07 Å². The molecule has 24 heavy (non-hydrogen) atoms. The van der Waals surface area contributed by atoms with Gasteiger partial charge in [0.25, 0.3) is 0 Å². The normalized spacial score (nSPS) is 11.2. The molecule has 1 aromatic carbocycles. The number of benzene rings is 1. The molecule has 0 aliphatic carbocycles. The molecule has 8 nitrogen and oxygen atoms in total. The summed E-state index contributed by atoms with van der Waals surface area (Å²) in [6, 6.07) is 5.76. The number of hydrogen-bond donors (Lipinski definition) is 1. The molecule has 0 saturated heterocycles. The fourth-order valence-corrected chi connectivity index (χ4v) is 2.42. The summed E-state index contributed by atoms with van der Waals surface area (Å²) in [7, 11) is 0. The molecule has 0 amide bonds. The van der Waals surface area contributed by atoms with Gasteiger partial charge in [0.2, 0.25) is 0 Å². The molecule has 0 unspecified atom stereocenters. The van der Waals surface area contributed by atoms with Gasteiger partial charge in [-0.15, -0.1) is 0 Å². The Balaban J connectivity index is 2.00. The van der Waals surface area contributed by atoms with Crippen molar-refractivity contribution in [2.24, 2.45) is 0 Å². The molecule has 0 radical (unpaired) electrons. The Kier molecular flexibility index (Phi) is 3.15. The molecule has 120 valence electrons. The lowest BCUT2D eigenvalue weighted by Crippen LogP contribution is -2.07. The fourth-order valence-electron chi connectivity index (χ4n) is 2.42. The van der Waals surface area contributed by atoms with E-state index in [4.69, 9.17) is 5.73 Å². The molecule has 0 aliphatic rings. The van der Waals surface area contributed by atoms with Crippen LogP contribution in [-0.4, -0.2) is 30.1 Å². The number of rotatable bonds is 3. The van der Waals surface area contributed by atoms with E-state index in [0.29, 0.717) is 5.69 Å². The van der Waals surface area contributed by atoms with Crippen LogP contribution in [0.15, 0.2) is 35.1 Å². The average molecular weight is 329 g/mol. The molecular formula is C14H9F2N7O. The molecule has 0 fully saturated rings. The Bertz CT molecular complexity index is 1030. The summed E-state index contributed by atoms with van der Waals surface area (Å²) >= 11 is 0. The summed E-state index contributed by atoms with van der Waals surface area (Å²) in [5.74, 6) is -1.82. The summed E-state index contributed by atoms with van der Waals surface area (Å²) in [4.78, 5) is 4.28. The van der Waals surface area contributed by atoms with Crippen molar-refractivity contribution in [3.05, 3.63) is 47.8 Å². The van der Waals surface area contributed by atoms with Gasteiger partial charge >= 0.3 is 0 Å². The molecule has 2 N–H and O–H groups in total. The largest absolute Gasteiger partial charge is 0.379 e. The van der Waals surface area contributed by atoms with Crippen LogP contribution in [0.3, 0.4) is 0 Å². The molecule has 0 bridgehead atoms. The number of anilines is 1. The maximum Gasteiger partial charge on any atom is 0.199 e. The first-order valence-electron chi connectivity index (χ1n) is 6.84. The molecule has 0 spiro atoms. The summed E-state index contributed by atoms with van der Waals surface area (Å²) in [6.07, 6.45) is 1.51. The zero-order chi connectivity index (χ0) is 16.7. The number of fused-ring (bicyclic) bond motifs is 1. The van der Waals surface area contributed by atoms with Crippen LogP contribution in [0.4, 0.5) is 14.6 Å². The van der Waals surface area contributed by atoms with Crippen LogP contribution in [0.2, 0.25) is 0 Å². The van der Waals surface area contributed by atoms with Gasteiger partial charge in [0.05, 0.1) is 17.8 Å². The number of halogens is 2. The highest BCUT2D eigenvalue weighted by molar-refractivity contribution is 5.82. The third kappa shape index (κ3) is 2.16. The summed E-state index contributed by atoms with van der Waals surface area (Å²) in [6.45, 7) is 0.0896. The lowest BCUT2D eigenvalue weighted by atomic mass is 10.3. The molecule has 4 rings (SSSR count). The number of nitrogen functional groups attached to an aromatic ring is 1. The fraction of sp³-hybridized carbons (Fsp3) is 0.0714. The molecule has 3 aromatic heterocycles. The lowest BCUT2D eigenvalue weighted by Gasteiger charge is -2.07. The van der Waals surface area contributed by atoms with E-state index in [1.165, 1.54) is 16.8 Å². The maximum absolute atomic E-state index is 14.4. The molecule has 0 aliphatic heterocycles. The first-order chi connectivity index (χ1) is 11.6. The smallest absolute Gasteiger partial charge is 0.199 e. The van der Waals surface area contributed by atoms with Gasteiger partial charge in [-0.25, -0.2) is 18.4 Å². The maximum atomic E-state index is 14.4. The van der Waals surface area contributed by atoms with Crippen LogP contribution in [0.5, 0.6) is 0 Å². The van der Waals surface area contributed by atoms with Gasteiger partial charge in [-0.1, -0.05) is 0 Å². The van der Waals surface area contributed by atoms with E-state index in [9.17, 15) is 8.78 Å². The predicted molar refractivity (Wildman–Crippen MR) is 78.5 cm³/mol.